The number of carbonyl (C=O) groups is 2. The lowest BCUT2D eigenvalue weighted by Gasteiger charge is -2.37. The SMILES string of the molecule is COc1ccc([C@H]2C=C3Nc4ccccc4N(C(=O)CCl)[C@H](c4cccc(F)c4)[C@@H]3C(=O)C2)cc1. The van der Waals surface area contributed by atoms with Gasteiger partial charge in [0.25, 0.3) is 0 Å². The second kappa shape index (κ2) is 9.55. The molecule has 7 heteroatoms. The summed E-state index contributed by atoms with van der Waals surface area (Å²) in [6.45, 7) is 0. The van der Waals surface area contributed by atoms with Crippen LogP contribution in [0.2, 0.25) is 0 Å². The van der Waals surface area contributed by atoms with Crippen LogP contribution >= 0.6 is 11.6 Å². The maximum absolute atomic E-state index is 14.3. The minimum Gasteiger partial charge on any atom is -0.497 e. The summed E-state index contributed by atoms with van der Waals surface area (Å²) in [7, 11) is 1.61. The van der Waals surface area contributed by atoms with E-state index in [4.69, 9.17) is 16.3 Å². The number of ether oxygens (including phenoxy) is 1. The van der Waals surface area contributed by atoms with Crippen LogP contribution in [0.15, 0.2) is 84.6 Å². The second-order valence-electron chi connectivity index (χ2n) is 8.69. The molecule has 5 rings (SSSR count). The molecular weight excluding hydrogens is 467 g/mol. The maximum atomic E-state index is 14.3. The Morgan fingerprint density at radius 1 is 1.09 bits per heavy atom. The Balaban J connectivity index is 1.69. The van der Waals surface area contributed by atoms with Crippen molar-refractivity contribution in [3.05, 3.63) is 102 Å². The Kier molecular flexibility index (Phi) is 6.31. The first-order chi connectivity index (χ1) is 17.0. The average molecular weight is 491 g/mol. The van der Waals surface area contributed by atoms with Crippen LogP contribution in [0.5, 0.6) is 5.75 Å². The van der Waals surface area contributed by atoms with Gasteiger partial charge in [-0.2, -0.15) is 0 Å². The lowest BCUT2D eigenvalue weighted by atomic mass is 9.76. The molecule has 0 unspecified atom stereocenters. The predicted octanol–water partition coefficient (Wildman–Crippen LogP) is 5.83. The first-order valence-corrected chi connectivity index (χ1v) is 11.9. The Morgan fingerprint density at radius 3 is 2.57 bits per heavy atom. The molecule has 3 aromatic carbocycles. The highest BCUT2D eigenvalue weighted by molar-refractivity contribution is 6.29. The molecule has 1 heterocycles. The van der Waals surface area contributed by atoms with Gasteiger partial charge in [0.15, 0.2) is 0 Å². The van der Waals surface area contributed by atoms with Crippen LogP contribution in [0.4, 0.5) is 15.8 Å². The van der Waals surface area contributed by atoms with Crippen LogP contribution in [0.1, 0.15) is 29.5 Å². The first kappa shape index (κ1) is 23.1. The summed E-state index contributed by atoms with van der Waals surface area (Å²) < 4.78 is 19.6. The van der Waals surface area contributed by atoms with Crippen LogP contribution in [0.25, 0.3) is 0 Å². The number of benzene rings is 3. The number of para-hydroxylation sites is 2. The quantitative estimate of drug-likeness (QED) is 0.467. The zero-order valence-electron chi connectivity index (χ0n) is 19.1. The molecule has 1 N–H and O–H groups in total. The van der Waals surface area contributed by atoms with E-state index in [1.54, 1.807) is 24.1 Å². The predicted molar refractivity (Wildman–Crippen MR) is 134 cm³/mol. The topological polar surface area (TPSA) is 58.6 Å². The highest BCUT2D eigenvalue weighted by Gasteiger charge is 2.44. The summed E-state index contributed by atoms with van der Waals surface area (Å²) in [5.74, 6) is -1.21. The number of rotatable bonds is 4. The van der Waals surface area contributed by atoms with Crippen molar-refractivity contribution in [1.29, 1.82) is 0 Å². The highest BCUT2D eigenvalue weighted by atomic mass is 35.5. The number of ketones is 1. The van der Waals surface area contributed by atoms with Crippen molar-refractivity contribution in [1.82, 2.24) is 0 Å². The number of nitrogens with zero attached hydrogens (tertiary/aromatic N) is 1. The van der Waals surface area contributed by atoms with Crippen molar-refractivity contribution in [2.75, 3.05) is 23.2 Å². The summed E-state index contributed by atoms with van der Waals surface area (Å²) in [4.78, 5) is 28.5. The van der Waals surface area contributed by atoms with E-state index in [1.165, 1.54) is 12.1 Å². The number of Topliss-reactive ketones (excluding diaryl/α,β-unsaturated/α-hetero) is 1. The molecule has 0 spiro atoms. The van der Waals surface area contributed by atoms with E-state index in [1.807, 2.05) is 54.6 Å². The van der Waals surface area contributed by atoms with Crippen molar-refractivity contribution >= 4 is 34.7 Å². The number of carbonyl (C=O) groups excluding carboxylic acids is 2. The van der Waals surface area contributed by atoms with Crippen LogP contribution in [0.3, 0.4) is 0 Å². The standard InChI is InChI=1S/C28H24ClFN2O3/c1-35-21-11-9-17(10-12-21)19-14-23-27(25(33)15-19)28(18-5-4-6-20(30)13-18)32(26(34)16-29)24-8-3-2-7-22(24)31-23/h2-14,19,27-28,31H,15-16H2,1H3/t19-,27-,28+/m0/s1. The molecule has 3 atom stereocenters. The molecule has 0 saturated heterocycles. The third-order valence-electron chi connectivity index (χ3n) is 6.64. The van der Waals surface area contributed by atoms with Crippen molar-refractivity contribution in [2.45, 2.75) is 18.4 Å². The van der Waals surface area contributed by atoms with Gasteiger partial charge in [0, 0.05) is 18.0 Å². The molecule has 2 aliphatic rings. The molecule has 0 saturated carbocycles. The Hall–Kier alpha value is -3.64. The summed E-state index contributed by atoms with van der Waals surface area (Å²) >= 11 is 6.03. The average Bonchev–Trinajstić information content (AvgIpc) is 3.03. The molecule has 35 heavy (non-hydrogen) atoms. The normalized spacial score (nSPS) is 21.2. The van der Waals surface area contributed by atoms with Gasteiger partial charge in [0.2, 0.25) is 5.91 Å². The maximum Gasteiger partial charge on any atom is 0.242 e. The van der Waals surface area contributed by atoms with Crippen molar-refractivity contribution in [3.63, 3.8) is 0 Å². The monoisotopic (exact) mass is 490 g/mol. The fraction of sp³-hybridized carbons (Fsp3) is 0.214. The number of halogens is 2. The zero-order chi connectivity index (χ0) is 24.5. The van der Waals surface area contributed by atoms with Crippen LogP contribution in [0, 0.1) is 11.7 Å². The van der Waals surface area contributed by atoms with Gasteiger partial charge in [0.1, 0.15) is 23.2 Å². The van der Waals surface area contributed by atoms with E-state index in [9.17, 15) is 14.0 Å². The molecule has 0 bridgehead atoms. The van der Waals surface area contributed by atoms with E-state index >= 15 is 0 Å². The largest absolute Gasteiger partial charge is 0.497 e. The molecule has 0 fully saturated rings. The molecule has 0 radical (unpaired) electrons. The van der Waals surface area contributed by atoms with E-state index in [2.05, 4.69) is 5.32 Å². The summed E-state index contributed by atoms with van der Waals surface area (Å²) in [5, 5.41) is 3.42. The van der Waals surface area contributed by atoms with Crippen LogP contribution in [-0.4, -0.2) is 24.7 Å². The third-order valence-corrected chi connectivity index (χ3v) is 6.87. The second-order valence-corrected chi connectivity index (χ2v) is 8.96. The number of methoxy groups -OCH3 is 1. The smallest absolute Gasteiger partial charge is 0.242 e. The number of alkyl halides is 1. The molecule has 178 valence electrons. The highest BCUT2D eigenvalue weighted by Crippen LogP contribution is 2.48. The summed E-state index contributed by atoms with van der Waals surface area (Å²) in [5.41, 5.74) is 3.49. The van der Waals surface area contributed by atoms with E-state index in [-0.39, 0.29) is 29.9 Å². The van der Waals surface area contributed by atoms with Gasteiger partial charge in [-0.15, -0.1) is 11.6 Å². The Labute approximate surface area is 208 Å². The number of hydrogen-bond donors (Lipinski definition) is 1. The number of hydrogen-bond acceptors (Lipinski definition) is 4. The van der Waals surface area contributed by atoms with Gasteiger partial charge in [-0.3, -0.25) is 9.59 Å². The number of amides is 1. The van der Waals surface area contributed by atoms with Gasteiger partial charge in [-0.25, -0.2) is 4.39 Å². The number of allylic oxidation sites excluding steroid dienone is 1. The summed E-state index contributed by atoms with van der Waals surface area (Å²) in [6, 6.07) is 20.3. The van der Waals surface area contributed by atoms with Gasteiger partial charge in [-0.05, 0) is 47.5 Å². The third kappa shape index (κ3) is 4.30. The van der Waals surface area contributed by atoms with Gasteiger partial charge in [0.05, 0.1) is 30.4 Å². The van der Waals surface area contributed by atoms with Crippen molar-refractivity contribution in [3.8, 4) is 5.75 Å². The number of anilines is 2. The minimum atomic E-state index is -0.747. The van der Waals surface area contributed by atoms with Crippen LogP contribution in [-0.2, 0) is 9.59 Å². The fourth-order valence-corrected chi connectivity index (χ4v) is 5.19. The van der Waals surface area contributed by atoms with Crippen molar-refractivity contribution < 1.29 is 18.7 Å². The lowest BCUT2D eigenvalue weighted by Crippen LogP contribution is -2.43. The number of fused-ring (bicyclic) bond motifs is 2. The molecular formula is C28H24ClFN2O3. The lowest BCUT2D eigenvalue weighted by molar-refractivity contribution is -0.123. The molecule has 1 aliphatic heterocycles. The van der Waals surface area contributed by atoms with Crippen molar-refractivity contribution in [2.24, 2.45) is 5.92 Å². The zero-order valence-corrected chi connectivity index (χ0v) is 19.8. The molecule has 0 aromatic heterocycles. The van der Waals surface area contributed by atoms with Gasteiger partial charge < -0.3 is 15.0 Å². The fourth-order valence-electron chi connectivity index (χ4n) is 5.06. The number of nitrogens with one attached hydrogen (secondary N) is 1. The van der Waals surface area contributed by atoms with E-state index in [0.29, 0.717) is 22.6 Å². The molecule has 5 nitrogen and oxygen atoms in total. The molecule has 1 amide bonds. The first-order valence-electron chi connectivity index (χ1n) is 11.4. The van der Waals surface area contributed by atoms with E-state index in [0.717, 1.165) is 11.3 Å². The Bertz CT molecular complexity index is 1310. The van der Waals surface area contributed by atoms with Gasteiger partial charge >= 0.3 is 0 Å². The molecule has 3 aromatic rings. The summed E-state index contributed by atoms with van der Waals surface area (Å²) in [6.07, 6.45) is 2.30. The Morgan fingerprint density at radius 2 is 1.86 bits per heavy atom. The van der Waals surface area contributed by atoms with Gasteiger partial charge in [-0.1, -0.05) is 42.5 Å². The minimum absolute atomic E-state index is 0.0368. The van der Waals surface area contributed by atoms with Crippen LogP contribution < -0.4 is 15.0 Å². The molecule has 1 aliphatic carbocycles. The van der Waals surface area contributed by atoms with E-state index < -0.39 is 17.8 Å².